The summed E-state index contributed by atoms with van der Waals surface area (Å²) in [5.74, 6) is -54.4. The van der Waals surface area contributed by atoms with Crippen molar-refractivity contribution in [3.63, 3.8) is 0 Å². The molecule has 120 heavy (non-hydrogen) atoms. The van der Waals surface area contributed by atoms with Gasteiger partial charge in [0.2, 0.25) is 0 Å². The maximum atomic E-state index is 13.9. The van der Waals surface area contributed by atoms with Crippen molar-refractivity contribution in [1.29, 1.82) is 0 Å². The van der Waals surface area contributed by atoms with E-state index in [1.54, 1.807) is 0 Å². The Morgan fingerprint density at radius 3 is 0.725 bits per heavy atom. The number of carbonyl (C=O) groups is 4. The lowest BCUT2D eigenvalue weighted by Gasteiger charge is -2.47. The Kier molecular flexibility index (Phi) is 11.6. The number of esters is 4. The van der Waals surface area contributed by atoms with Gasteiger partial charge in [-0.05, 0) is 191 Å². The molecule has 12 rings (SSSR count). The third-order valence-corrected chi connectivity index (χ3v) is 16.4. The molecule has 0 aliphatic carbocycles. The van der Waals surface area contributed by atoms with Gasteiger partial charge in [0.15, 0.2) is 46.0 Å². The number of nitrogens with zero attached hydrogens (tertiary/aromatic N) is 4. The van der Waals surface area contributed by atoms with Crippen molar-refractivity contribution in [3.8, 4) is 46.0 Å². The molecular weight excluding hydrogens is 1520 g/mol. The second kappa shape index (κ2) is 43.9. The standard InChI is InChI=1S/4C24H38N2O4/c4*1-14(2)9-17-13-26-8-7-16-10-21(28-5)22(29-6)11-18(16)19(26)12-20(17)30-24(27)23(25)15(3)4/h4*10-11,14-15,17,19-20,23H,7-9,12-13,25H2,1-6H3/t4*17?,19?,20?,23-/m0000/s1/i2*3D3,4D3,5D3,7D2,8D2,10D,11D,12D2,13D2,15D,17D,19D,20D,23D;2*3D3,4D3,7D2,8D2,10D,11D,12D2,13D2,15D,17D,19D,20D,23D. The lowest BCUT2D eigenvalue weighted by molar-refractivity contribution is -0.161. The highest BCUT2D eigenvalue weighted by atomic mass is 16.6. The first kappa shape index (κ1) is 31.8. The Labute approximate surface area is 845 Å². The van der Waals surface area contributed by atoms with E-state index in [0.29, 0.717) is 0 Å². The van der Waals surface area contributed by atoms with Crippen molar-refractivity contribution in [2.75, 3.05) is 109 Å². The molecule has 4 saturated heterocycles. The van der Waals surface area contributed by atoms with Crippen LogP contribution in [0.25, 0.3) is 0 Å². The monoisotopic (exact) mass is 1760 g/mol. The maximum Gasteiger partial charge on any atom is 0.323 e. The van der Waals surface area contributed by atoms with Crippen molar-refractivity contribution in [3.05, 3.63) is 92.8 Å². The summed E-state index contributed by atoms with van der Waals surface area (Å²) in [6, 6.07) is -43.7. The third kappa shape index (κ3) is 23.8. The van der Waals surface area contributed by atoms with Crippen molar-refractivity contribution >= 4 is 23.9 Å². The summed E-state index contributed by atoms with van der Waals surface area (Å²) < 4.78 is 831. The summed E-state index contributed by atoms with van der Waals surface area (Å²) in [7, 11) is -1.53. The number of methoxy groups -OCH3 is 8. The number of carbonyl (C=O) groups excluding carboxylic acids is 4. The van der Waals surface area contributed by atoms with E-state index < -0.39 is 513 Å². The van der Waals surface area contributed by atoms with E-state index in [1.807, 2.05) is 0 Å². The fourth-order valence-corrected chi connectivity index (χ4v) is 10.9. The minimum absolute atomic E-state index is 0.370. The SMILES string of the molecule is [2H]c1c(OC([2H])([2H])[2H])c(OC)c([2H])c2c1C([2H])([2H])C([2H])([2H])N1C([2H])([2H])C([2H])(CC(C)C)C([2H])(OC(=O)[C@@]([2H])(N)C([2H])(C([2H])([2H])[2H])C([2H])([2H])[2H])C([2H])([2H])C21[2H].[2H]c1c(OC([2H])([2H])[2H])c(OC)c([2H])c2c1C([2H])([2H])C([2H])([2H])N1C([2H])([2H])C([2H])(CC(C)C)C([2H])(OC(=O)[C@@]([2H])(N)C([2H])(C([2H])([2H])[2H])C([2H])([2H])[2H])C([2H])([2H])C21[2H].[2H]c1c(OC)c(OC)c([2H])c2c1C([2H])([2H])C([2H])([2H])N1C([2H])([2H])C([2H])(CC(C)C)C([2H])(OC(=O)[C@@]([2H])(N)C([2H])(C([2H])([2H])[2H])C([2H])([2H])[2H])C([2H])([2H])C21[2H].[2H]c1c(OC)c(OC)c([2H])c2c1C([2H])([2H])C([2H])([2H])N1C([2H])([2H])C([2H])(CC(C)C)C([2H])(OC(=O)[C@@]([2H])(N)C([2H])(C([2H])([2H])[2H])C([2H])([2H])[2H])C([2H])([2H])C21[2H]. The van der Waals surface area contributed by atoms with E-state index in [2.05, 4.69) is 0 Å². The number of ether oxygens (including phenoxy) is 12. The van der Waals surface area contributed by atoms with Crippen molar-refractivity contribution in [2.24, 2.45) is 93.8 Å². The average Bonchev–Trinajstić information content (AvgIpc) is 0.640. The Balaban J connectivity index is 0.000000302. The van der Waals surface area contributed by atoms with Crippen LogP contribution in [0.3, 0.4) is 0 Å². The molecule has 24 heteroatoms. The number of nitrogens with two attached hydrogens (primary N) is 4. The molecule has 0 bridgehead atoms. The van der Waals surface area contributed by atoms with Gasteiger partial charge in [-0.2, -0.15) is 0 Å². The van der Waals surface area contributed by atoms with Crippen LogP contribution in [0.15, 0.2) is 48.3 Å². The van der Waals surface area contributed by atoms with E-state index in [-0.39, 0.29) is 9.80 Å². The lowest BCUT2D eigenvalue weighted by Crippen LogP contribution is -2.51. The highest BCUT2D eigenvalue weighted by Gasteiger charge is 2.47. The lowest BCUT2D eigenvalue weighted by atomic mass is 9.79. The van der Waals surface area contributed by atoms with E-state index in [4.69, 9.17) is 165 Å². The normalized spacial score (nSPS) is 52.4. The molecule has 24 nitrogen and oxygen atoms in total. The largest absolute Gasteiger partial charge is 0.493 e. The summed E-state index contributed by atoms with van der Waals surface area (Å²) >= 11 is 0. The Bertz CT molecular complexity index is 7930. The summed E-state index contributed by atoms with van der Waals surface area (Å²) in [5, 5.41) is 0. The number of fused-ring (bicyclic) bond motifs is 12. The van der Waals surface area contributed by atoms with Gasteiger partial charge < -0.3 is 79.8 Å². The van der Waals surface area contributed by atoms with Gasteiger partial charge in [-0.1, -0.05) is 110 Å². The molecule has 4 aromatic rings. The molecule has 8 aliphatic rings. The van der Waals surface area contributed by atoms with E-state index >= 15 is 0 Å². The molecule has 12 unspecified atom stereocenters. The highest BCUT2D eigenvalue weighted by Crippen LogP contribution is 2.50. The van der Waals surface area contributed by atoms with Crippen LogP contribution in [-0.2, 0) is 63.6 Å². The van der Waals surface area contributed by atoms with Crippen LogP contribution in [0.4, 0.5) is 0 Å². The minimum Gasteiger partial charge on any atom is -0.493 e. The molecule has 672 valence electrons. The van der Waals surface area contributed by atoms with Crippen LogP contribution in [0, 0.1) is 70.8 Å². The van der Waals surface area contributed by atoms with Crippen LogP contribution in [-0.4, -0.2) is 201 Å². The van der Waals surface area contributed by atoms with Gasteiger partial charge in [-0.3, -0.25) is 38.8 Å². The molecule has 0 aromatic heterocycles. The van der Waals surface area contributed by atoms with Crippen molar-refractivity contribution in [1.82, 2.24) is 19.6 Å². The number of rotatable bonds is 28. The molecule has 16 atom stereocenters. The molecule has 4 fully saturated rings. The summed E-state index contributed by atoms with van der Waals surface area (Å²) in [5.41, 5.74) is 11.5. The Hall–Kier alpha value is -7.16. The van der Waals surface area contributed by atoms with Gasteiger partial charge in [-0.25, -0.2) is 0 Å². The first-order chi connectivity index (χ1) is 91.8. The second-order valence-electron chi connectivity index (χ2n) is 27.0. The first-order valence-electron chi connectivity index (χ1n) is 80.4. The predicted molar refractivity (Wildman–Crippen MR) is 471 cm³/mol. The molecular formula is C96H152N8O16. The molecule has 0 radical (unpaired) electrons. The zero-order valence-corrected chi connectivity index (χ0v) is 66.8. The maximum absolute atomic E-state index is 13.9. The van der Waals surface area contributed by atoms with Crippen LogP contribution >= 0.6 is 0 Å². The van der Waals surface area contributed by atoms with Crippen molar-refractivity contribution < 1.29 is 199 Å². The molecule has 8 N–H and O–H groups in total. The fraction of sp³-hybridized carbons (Fsp3) is 0.708. The molecule has 4 aromatic carbocycles. The topological polar surface area (TPSA) is 296 Å². The van der Waals surface area contributed by atoms with Crippen LogP contribution < -0.4 is 60.8 Å². The smallest absolute Gasteiger partial charge is 0.323 e. The van der Waals surface area contributed by atoms with Gasteiger partial charge in [-0.15, -0.1) is 0 Å². The number of piperidine rings is 4. The average molecular weight is 1760 g/mol. The van der Waals surface area contributed by atoms with E-state index in [1.165, 1.54) is 55.4 Å². The first-order valence-corrected chi connectivity index (χ1v) is 35.4. The number of hydrogen-bond acceptors (Lipinski definition) is 24. The van der Waals surface area contributed by atoms with Crippen LogP contribution in [0.2, 0.25) is 0 Å². The number of benzene rings is 4. The van der Waals surface area contributed by atoms with Gasteiger partial charge in [0, 0.05) is 213 Å². The molecule has 8 aliphatic heterocycles. The van der Waals surface area contributed by atoms with Gasteiger partial charge in [0.05, 0.1) is 92.4 Å². The quantitative estimate of drug-likeness (QED) is 0.0303. The summed E-state index contributed by atoms with van der Waals surface area (Å²) in [6.45, 7) is -54.9. The van der Waals surface area contributed by atoms with Gasteiger partial charge in [0.1, 0.15) is 48.4 Å². The zero-order chi connectivity index (χ0) is 167. The molecule has 0 amide bonds. The van der Waals surface area contributed by atoms with Gasteiger partial charge in [0.25, 0.3) is 0 Å². The number of hydrogen-bond donors (Lipinski definition) is 4. The Morgan fingerprint density at radius 2 is 0.550 bits per heavy atom. The third-order valence-electron chi connectivity index (χ3n) is 16.4. The molecule has 0 saturated carbocycles. The van der Waals surface area contributed by atoms with Crippen molar-refractivity contribution in [2.45, 2.75) is 259 Å². The summed E-state index contributed by atoms with van der Waals surface area (Å²) in [4.78, 5) is 53.7. The minimum atomic E-state index is -4.42. The summed E-state index contributed by atoms with van der Waals surface area (Å²) in [6.07, 6.45) is -54.2. The fourth-order valence-electron chi connectivity index (χ4n) is 10.9. The Morgan fingerprint density at radius 1 is 0.358 bits per heavy atom. The van der Waals surface area contributed by atoms with Gasteiger partial charge >= 0.3 is 23.9 Å². The van der Waals surface area contributed by atoms with E-state index in [9.17, 15) is 57.6 Å². The van der Waals surface area contributed by atoms with Crippen LogP contribution in [0.1, 0.15) is 353 Å². The molecule has 0 spiro atoms. The zero-order valence-electron chi connectivity index (χ0n) is 157. The molecule has 8 heterocycles. The van der Waals surface area contributed by atoms with E-state index in [0.717, 1.165) is 42.7 Å². The highest BCUT2D eigenvalue weighted by molar-refractivity contribution is 5.77. The van der Waals surface area contributed by atoms with Crippen LogP contribution in [0.5, 0.6) is 46.0 Å². The second-order valence-corrected chi connectivity index (χ2v) is 27.0. The predicted octanol–water partition coefficient (Wildman–Crippen LogP) is 14.3.